The van der Waals surface area contributed by atoms with Crippen LogP contribution in [-0.2, 0) is 4.79 Å². The molecule has 3 N–H and O–H groups in total. The molecular formula is C16H26N2O2. The number of aliphatic hydroxyl groups excluding tert-OH is 1. The van der Waals surface area contributed by atoms with Crippen LogP contribution in [0.4, 0.5) is 0 Å². The van der Waals surface area contributed by atoms with Crippen LogP contribution in [0.15, 0.2) is 24.3 Å². The molecule has 1 rings (SSSR count). The summed E-state index contributed by atoms with van der Waals surface area (Å²) in [6.07, 6.45) is 0. The summed E-state index contributed by atoms with van der Waals surface area (Å²) in [7, 11) is 0. The molecule has 0 aromatic heterocycles. The standard InChI is InChI=1S/C16H26N2O2/c1-12-5-7-14(8-6-12)13(2)18-15(20)9-17-10-16(3,4)11-19/h5-8,13,17,19H,9-11H2,1-4H3,(H,18,20)/t13-/m1/s1. The molecule has 4 heteroatoms. The third kappa shape index (κ3) is 5.72. The van der Waals surface area contributed by atoms with E-state index in [1.807, 2.05) is 52.0 Å². The topological polar surface area (TPSA) is 61.4 Å². The van der Waals surface area contributed by atoms with Crippen molar-refractivity contribution < 1.29 is 9.90 Å². The Morgan fingerprint density at radius 1 is 1.30 bits per heavy atom. The Hall–Kier alpha value is -1.39. The summed E-state index contributed by atoms with van der Waals surface area (Å²) in [5.41, 5.74) is 2.10. The minimum atomic E-state index is -0.206. The Kier molecular flexibility index (Phi) is 6.17. The van der Waals surface area contributed by atoms with Crippen molar-refractivity contribution in [3.05, 3.63) is 35.4 Å². The summed E-state index contributed by atoms with van der Waals surface area (Å²) in [4.78, 5) is 11.8. The number of aliphatic hydroxyl groups is 1. The predicted molar refractivity (Wildman–Crippen MR) is 81.5 cm³/mol. The molecule has 0 saturated carbocycles. The highest BCUT2D eigenvalue weighted by Gasteiger charge is 2.16. The number of benzene rings is 1. The minimum absolute atomic E-state index is 0.00393. The van der Waals surface area contributed by atoms with E-state index < -0.39 is 0 Å². The van der Waals surface area contributed by atoms with Crippen molar-refractivity contribution in [1.82, 2.24) is 10.6 Å². The van der Waals surface area contributed by atoms with E-state index in [0.717, 1.165) is 5.56 Å². The quantitative estimate of drug-likeness (QED) is 0.712. The normalized spacial score (nSPS) is 13.1. The summed E-state index contributed by atoms with van der Waals surface area (Å²) in [6, 6.07) is 8.14. The van der Waals surface area contributed by atoms with Crippen molar-refractivity contribution in [3.63, 3.8) is 0 Å². The van der Waals surface area contributed by atoms with Crippen LogP contribution < -0.4 is 10.6 Å². The second kappa shape index (κ2) is 7.41. The van der Waals surface area contributed by atoms with Gasteiger partial charge in [0.25, 0.3) is 0 Å². The predicted octanol–water partition coefficient (Wildman–Crippen LogP) is 1.78. The maximum Gasteiger partial charge on any atom is 0.234 e. The van der Waals surface area contributed by atoms with E-state index in [2.05, 4.69) is 10.6 Å². The van der Waals surface area contributed by atoms with Crippen LogP contribution in [0.1, 0.15) is 37.9 Å². The van der Waals surface area contributed by atoms with Gasteiger partial charge in [-0.15, -0.1) is 0 Å². The largest absolute Gasteiger partial charge is 0.396 e. The summed E-state index contributed by atoms with van der Waals surface area (Å²) < 4.78 is 0. The van der Waals surface area contributed by atoms with Gasteiger partial charge in [-0.3, -0.25) is 4.79 Å². The van der Waals surface area contributed by atoms with Crippen LogP contribution in [0.25, 0.3) is 0 Å². The van der Waals surface area contributed by atoms with Crippen molar-refractivity contribution in [2.45, 2.75) is 33.7 Å². The van der Waals surface area contributed by atoms with Gasteiger partial charge in [0.15, 0.2) is 0 Å². The number of hydrogen-bond acceptors (Lipinski definition) is 3. The summed E-state index contributed by atoms with van der Waals surface area (Å²) >= 11 is 0. The first-order chi connectivity index (χ1) is 9.34. The smallest absolute Gasteiger partial charge is 0.234 e. The molecule has 0 aliphatic heterocycles. The molecule has 0 saturated heterocycles. The molecule has 0 aliphatic rings. The fourth-order valence-electron chi connectivity index (χ4n) is 1.80. The third-order valence-corrected chi connectivity index (χ3v) is 3.27. The van der Waals surface area contributed by atoms with Crippen molar-refractivity contribution in [2.24, 2.45) is 5.41 Å². The molecule has 20 heavy (non-hydrogen) atoms. The Morgan fingerprint density at radius 2 is 1.90 bits per heavy atom. The lowest BCUT2D eigenvalue weighted by molar-refractivity contribution is -0.121. The zero-order valence-corrected chi connectivity index (χ0v) is 12.9. The Balaban J connectivity index is 2.37. The molecule has 0 bridgehead atoms. The minimum Gasteiger partial charge on any atom is -0.396 e. The Labute approximate surface area is 121 Å². The highest BCUT2D eigenvalue weighted by atomic mass is 16.3. The van der Waals surface area contributed by atoms with Crippen LogP contribution in [0.2, 0.25) is 0 Å². The summed E-state index contributed by atoms with van der Waals surface area (Å²) in [6.45, 7) is 8.89. The van der Waals surface area contributed by atoms with Gasteiger partial charge >= 0.3 is 0 Å². The van der Waals surface area contributed by atoms with Crippen molar-refractivity contribution in [1.29, 1.82) is 0 Å². The van der Waals surface area contributed by atoms with Gasteiger partial charge in [0, 0.05) is 18.6 Å². The van der Waals surface area contributed by atoms with Gasteiger partial charge in [-0.25, -0.2) is 0 Å². The van der Waals surface area contributed by atoms with Gasteiger partial charge in [-0.2, -0.15) is 0 Å². The van der Waals surface area contributed by atoms with Gasteiger partial charge in [0.2, 0.25) is 5.91 Å². The zero-order valence-electron chi connectivity index (χ0n) is 12.9. The van der Waals surface area contributed by atoms with Crippen LogP contribution in [-0.4, -0.2) is 30.7 Å². The summed E-state index contributed by atoms with van der Waals surface area (Å²) in [5, 5.41) is 15.2. The molecule has 0 spiro atoms. The van der Waals surface area contributed by atoms with E-state index in [4.69, 9.17) is 5.11 Å². The molecule has 1 aromatic rings. The average molecular weight is 278 g/mol. The van der Waals surface area contributed by atoms with Gasteiger partial charge in [0.1, 0.15) is 0 Å². The molecular weight excluding hydrogens is 252 g/mol. The second-order valence-electron chi connectivity index (χ2n) is 6.13. The van der Waals surface area contributed by atoms with E-state index >= 15 is 0 Å². The number of nitrogens with one attached hydrogen (secondary N) is 2. The lowest BCUT2D eigenvalue weighted by Crippen LogP contribution is -2.40. The molecule has 0 aliphatic carbocycles. The van der Waals surface area contributed by atoms with E-state index in [-0.39, 0.29) is 30.5 Å². The molecule has 0 unspecified atom stereocenters. The molecule has 1 amide bonds. The highest BCUT2D eigenvalue weighted by Crippen LogP contribution is 2.13. The first-order valence-corrected chi connectivity index (χ1v) is 7.01. The first-order valence-electron chi connectivity index (χ1n) is 7.01. The van der Waals surface area contributed by atoms with Crippen LogP contribution in [0.3, 0.4) is 0 Å². The molecule has 0 heterocycles. The van der Waals surface area contributed by atoms with E-state index in [0.29, 0.717) is 6.54 Å². The monoisotopic (exact) mass is 278 g/mol. The van der Waals surface area contributed by atoms with Gasteiger partial charge in [0.05, 0.1) is 12.6 Å². The number of carbonyl (C=O) groups is 1. The van der Waals surface area contributed by atoms with E-state index in [1.54, 1.807) is 0 Å². The Morgan fingerprint density at radius 3 is 2.45 bits per heavy atom. The fraction of sp³-hybridized carbons (Fsp3) is 0.562. The number of aryl methyl sites for hydroxylation is 1. The lowest BCUT2D eigenvalue weighted by Gasteiger charge is -2.22. The van der Waals surface area contributed by atoms with Crippen LogP contribution in [0.5, 0.6) is 0 Å². The van der Waals surface area contributed by atoms with Gasteiger partial charge in [-0.1, -0.05) is 43.7 Å². The third-order valence-electron chi connectivity index (χ3n) is 3.27. The van der Waals surface area contributed by atoms with Crippen LogP contribution in [0, 0.1) is 12.3 Å². The molecule has 1 aromatic carbocycles. The zero-order chi connectivity index (χ0) is 15.2. The molecule has 0 radical (unpaired) electrons. The SMILES string of the molecule is Cc1ccc([C@@H](C)NC(=O)CNCC(C)(C)CO)cc1. The summed E-state index contributed by atoms with van der Waals surface area (Å²) in [5.74, 6) is -0.0354. The van der Waals surface area contributed by atoms with E-state index in [9.17, 15) is 4.79 Å². The van der Waals surface area contributed by atoms with Crippen molar-refractivity contribution in [3.8, 4) is 0 Å². The molecule has 4 nitrogen and oxygen atoms in total. The van der Waals surface area contributed by atoms with Crippen molar-refractivity contribution >= 4 is 5.91 Å². The van der Waals surface area contributed by atoms with Gasteiger partial charge < -0.3 is 15.7 Å². The number of hydrogen-bond donors (Lipinski definition) is 3. The maximum atomic E-state index is 11.8. The first kappa shape index (κ1) is 16.7. The molecule has 112 valence electrons. The molecule has 1 atom stereocenters. The van der Waals surface area contributed by atoms with E-state index in [1.165, 1.54) is 5.56 Å². The second-order valence-corrected chi connectivity index (χ2v) is 6.13. The Bertz CT molecular complexity index is 427. The highest BCUT2D eigenvalue weighted by molar-refractivity contribution is 5.78. The maximum absolute atomic E-state index is 11.8. The molecule has 0 fully saturated rings. The van der Waals surface area contributed by atoms with Crippen molar-refractivity contribution in [2.75, 3.05) is 19.7 Å². The number of carbonyl (C=O) groups excluding carboxylic acids is 1. The average Bonchev–Trinajstić information content (AvgIpc) is 2.39. The fourth-order valence-corrected chi connectivity index (χ4v) is 1.80. The number of amides is 1. The number of rotatable bonds is 7. The van der Waals surface area contributed by atoms with Gasteiger partial charge in [-0.05, 0) is 19.4 Å². The lowest BCUT2D eigenvalue weighted by atomic mass is 9.95. The van der Waals surface area contributed by atoms with Crippen LogP contribution >= 0.6 is 0 Å².